The molecule has 0 spiro atoms. The average Bonchev–Trinajstić information content (AvgIpc) is 2.80. The lowest BCUT2D eigenvalue weighted by Gasteiger charge is -2.27. The summed E-state index contributed by atoms with van der Waals surface area (Å²) in [5.41, 5.74) is 6.51. The molecule has 0 aliphatic heterocycles. The number of ether oxygens (including phenoxy) is 1. The van der Waals surface area contributed by atoms with E-state index >= 15 is 0 Å². The Morgan fingerprint density at radius 1 is 0.886 bits per heavy atom. The zero-order chi connectivity index (χ0) is 25.9. The largest absolute Gasteiger partial charge is 0.495 e. The van der Waals surface area contributed by atoms with Crippen LogP contribution in [0.3, 0.4) is 0 Å². The molecule has 1 unspecified atom stereocenters. The highest BCUT2D eigenvalue weighted by atomic mass is 32.2. The first-order valence-electron chi connectivity index (χ1n) is 11.5. The average molecular weight is 495 g/mol. The first-order valence-corrected chi connectivity index (χ1v) is 13.0. The second-order valence-electron chi connectivity index (χ2n) is 9.08. The fourth-order valence-electron chi connectivity index (χ4n) is 4.08. The molecule has 1 amide bonds. The molecule has 3 rings (SSSR count). The van der Waals surface area contributed by atoms with Gasteiger partial charge in [-0.2, -0.15) is 0 Å². The Kier molecular flexibility index (Phi) is 7.90. The van der Waals surface area contributed by atoms with Gasteiger partial charge in [-0.15, -0.1) is 0 Å². The maximum absolute atomic E-state index is 13.7. The van der Waals surface area contributed by atoms with E-state index in [2.05, 4.69) is 24.4 Å². The number of carbonyl (C=O) groups is 1. The van der Waals surface area contributed by atoms with Crippen molar-refractivity contribution < 1.29 is 17.9 Å². The van der Waals surface area contributed by atoms with Gasteiger partial charge in [0.1, 0.15) is 12.3 Å². The summed E-state index contributed by atoms with van der Waals surface area (Å²) in [5.74, 6) is -0.0356. The van der Waals surface area contributed by atoms with Crippen LogP contribution >= 0.6 is 0 Å². The second kappa shape index (κ2) is 10.5. The van der Waals surface area contributed by atoms with Crippen LogP contribution in [-0.4, -0.2) is 28.0 Å². The molecule has 0 aliphatic rings. The molecule has 0 saturated heterocycles. The Morgan fingerprint density at radius 2 is 1.49 bits per heavy atom. The topological polar surface area (TPSA) is 75.7 Å². The van der Waals surface area contributed by atoms with Gasteiger partial charge in [-0.3, -0.25) is 9.10 Å². The minimum atomic E-state index is -4.04. The van der Waals surface area contributed by atoms with Gasteiger partial charge in [0.15, 0.2) is 0 Å². The van der Waals surface area contributed by atoms with Crippen molar-refractivity contribution in [3.8, 4) is 5.75 Å². The number of anilines is 1. The molecule has 1 atom stereocenters. The van der Waals surface area contributed by atoms with Crippen molar-refractivity contribution in [3.05, 3.63) is 88.0 Å². The van der Waals surface area contributed by atoms with Crippen molar-refractivity contribution in [3.63, 3.8) is 0 Å². The molecule has 0 radical (unpaired) electrons. The van der Waals surface area contributed by atoms with Gasteiger partial charge in [0.2, 0.25) is 5.91 Å². The first-order chi connectivity index (χ1) is 16.4. The fraction of sp³-hybridized carbons (Fsp3) is 0.321. The van der Waals surface area contributed by atoms with Crippen molar-refractivity contribution >= 4 is 21.6 Å². The van der Waals surface area contributed by atoms with Crippen molar-refractivity contribution in [2.75, 3.05) is 18.0 Å². The number of aryl methyl sites for hydroxylation is 5. The Morgan fingerprint density at radius 3 is 2.11 bits per heavy atom. The molecule has 35 heavy (non-hydrogen) atoms. The third kappa shape index (κ3) is 5.85. The van der Waals surface area contributed by atoms with Crippen LogP contribution in [0.2, 0.25) is 0 Å². The van der Waals surface area contributed by atoms with Crippen LogP contribution < -0.4 is 14.4 Å². The standard InChI is InChI=1S/C28H34N2O4S/c1-18-8-11-24(12-9-18)35(32,33)30(26-14-19(2)10-13-27(26)34-7)17-28(31)29-23(6)25-16-21(4)20(3)15-22(25)5/h8-16,23H,17H2,1-7H3,(H,29,31). The van der Waals surface area contributed by atoms with Gasteiger partial charge < -0.3 is 10.1 Å². The highest BCUT2D eigenvalue weighted by molar-refractivity contribution is 7.92. The summed E-state index contributed by atoms with van der Waals surface area (Å²) in [6.07, 6.45) is 0. The molecule has 0 saturated carbocycles. The normalized spacial score (nSPS) is 12.2. The summed E-state index contributed by atoms with van der Waals surface area (Å²) in [7, 11) is -2.56. The number of nitrogens with one attached hydrogen (secondary N) is 1. The highest BCUT2D eigenvalue weighted by Gasteiger charge is 2.30. The van der Waals surface area contributed by atoms with Crippen LogP contribution in [-0.2, 0) is 14.8 Å². The van der Waals surface area contributed by atoms with Crippen molar-refractivity contribution in [2.45, 2.75) is 52.5 Å². The highest BCUT2D eigenvalue weighted by Crippen LogP contribution is 2.33. The van der Waals surface area contributed by atoms with Crippen LogP contribution in [0.15, 0.2) is 59.5 Å². The Hall–Kier alpha value is -3.32. The quantitative estimate of drug-likeness (QED) is 0.460. The third-order valence-electron chi connectivity index (χ3n) is 6.23. The maximum Gasteiger partial charge on any atom is 0.264 e. The Balaban J connectivity index is 1.99. The molecule has 0 bridgehead atoms. The van der Waals surface area contributed by atoms with Crippen LogP contribution in [0.1, 0.15) is 46.3 Å². The molecule has 3 aromatic rings. The van der Waals surface area contributed by atoms with E-state index in [0.717, 1.165) is 32.1 Å². The number of rotatable bonds is 8. The number of benzene rings is 3. The van der Waals surface area contributed by atoms with Crippen LogP contribution in [0.5, 0.6) is 5.75 Å². The number of nitrogens with zero attached hydrogens (tertiary/aromatic N) is 1. The summed E-state index contributed by atoms with van der Waals surface area (Å²) in [6, 6.07) is 15.7. The predicted octanol–water partition coefficient (Wildman–Crippen LogP) is 5.31. The van der Waals surface area contributed by atoms with Gasteiger partial charge in [0.25, 0.3) is 10.0 Å². The van der Waals surface area contributed by atoms with E-state index in [-0.39, 0.29) is 17.5 Å². The molecule has 6 nitrogen and oxygen atoms in total. The summed E-state index contributed by atoms with van der Waals surface area (Å²) in [4.78, 5) is 13.3. The van der Waals surface area contributed by atoms with Crippen LogP contribution in [0.25, 0.3) is 0 Å². The lowest BCUT2D eigenvalue weighted by atomic mass is 9.96. The van der Waals surface area contributed by atoms with Gasteiger partial charge in [0, 0.05) is 0 Å². The second-order valence-corrected chi connectivity index (χ2v) is 10.9. The molecule has 0 aliphatic carbocycles. The number of carbonyl (C=O) groups excluding carboxylic acids is 1. The first kappa shape index (κ1) is 26.3. The van der Waals surface area contributed by atoms with Gasteiger partial charge >= 0.3 is 0 Å². The van der Waals surface area contributed by atoms with Crippen molar-refractivity contribution in [1.82, 2.24) is 5.32 Å². The van der Waals surface area contributed by atoms with E-state index in [1.54, 1.807) is 36.4 Å². The minimum absolute atomic E-state index is 0.109. The molecular formula is C28H34N2O4S. The summed E-state index contributed by atoms with van der Waals surface area (Å²) in [6.45, 7) is 11.4. The van der Waals surface area contributed by atoms with Crippen molar-refractivity contribution in [2.24, 2.45) is 0 Å². The van der Waals surface area contributed by atoms with Gasteiger partial charge in [-0.1, -0.05) is 35.9 Å². The zero-order valence-electron chi connectivity index (χ0n) is 21.5. The molecule has 0 heterocycles. The fourth-order valence-corrected chi connectivity index (χ4v) is 5.50. The number of hydrogen-bond acceptors (Lipinski definition) is 4. The SMILES string of the molecule is COc1ccc(C)cc1N(CC(=O)NC(C)c1cc(C)c(C)cc1C)S(=O)(=O)c1ccc(C)cc1. The van der Waals surface area contributed by atoms with Gasteiger partial charge in [-0.05, 0) is 93.6 Å². The van der Waals surface area contributed by atoms with Gasteiger partial charge in [0.05, 0.1) is 23.7 Å². The van der Waals surface area contributed by atoms with E-state index in [0.29, 0.717) is 11.4 Å². The lowest BCUT2D eigenvalue weighted by Crippen LogP contribution is -2.42. The van der Waals surface area contributed by atoms with E-state index in [4.69, 9.17) is 4.74 Å². The van der Waals surface area contributed by atoms with Gasteiger partial charge in [-0.25, -0.2) is 8.42 Å². The molecule has 1 N–H and O–H groups in total. The summed E-state index contributed by atoms with van der Waals surface area (Å²) in [5, 5.41) is 2.98. The zero-order valence-corrected chi connectivity index (χ0v) is 22.3. The maximum atomic E-state index is 13.7. The van der Waals surface area contributed by atoms with E-state index in [9.17, 15) is 13.2 Å². The number of amides is 1. The predicted molar refractivity (Wildman–Crippen MR) is 141 cm³/mol. The van der Waals surface area contributed by atoms with E-state index < -0.39 is 15.9 Å². The molecule has 186 valence electrons. The smallest absolute Gasteiger partial charge is 0.264 e. The van der Waals surface area contributed by atoms with Crippen LogP contribution in [0.4, 0.5) is 5.69 Å². The third-order valence-corrected chi connectivity index (χ3v) is 8.00. The van der Waals surface area contributed by atoms with Crippen molar-refractivity contribution in [1.29, 1.82) is 0 Å². The molecule has 0 aromatic heterocycles. The Bertz CT molecular complexity index is 1330. The molecule has 3 aromatic carbocycles. The molecule has 7 heteroatoms. The molecular weight excluding hydrogens is 460 g/mol. The summed E-state index contributed by atoms with van der Waals surface area (Å²) >= 11 is 0. The van der Waals surface area contributed by atoms with Crippen LogP contribution in [0, 0.1) is 34.6 Å². The summed E-state index contributed by atoms with van der Waals surface area (Å²) < 4.78 is 34.1. The number of sulfonamides is 1. The monoisotopic (exact) mass is 494 g/mol. The molecule has 0 fully saturated rings. The van der Waals surface area contributed by atoms with E-state index in [1.165, 1.54) is 12.7 Å². The van der Waals surface area contributed by atoms with E-state index in [1.807, 2.05) is 40.7 Å². The Labute approximate surface area is 209 Å². The minimum Gasteiger partial charge on any atom is -0.495 e. The lowest BCUT2D eigenvalue weighted by molar-refractivity contribution is -0.120. The number of hydrogen-bond donors (Lipinski definition) is 1. The number of methoxy groups -OCH3 is 1.